The van der Waals surface area contributed by atoms with Crippen LogP contribution in [0.1, 0.15) is 44.2 Å². The van der Waals surface area contributed by atoms with Crippen LogP contribution in [0.15, 0.2) is 5.38 Å². The van der Waals surface area contributed by atoms with Crippen molar-refractivity contribution in [3.8, 4) is 0 Å². The predicted molar refractivity (Wildman–Crippen MR) is 73.3 cm³/mol. The predicted octanol–water partition coefficient (Wildman–Crippen LogP) is 2.68. The third-order valence-corrected chi connectivity index (χ3v) is 4.16. The molecule has 1 heterocycles. The van der Waals surface area contributed by atoms with Crippen molar-refractivity contribution in [2.75, 3.05) is 5.32 Å². The molecule has 104 valence electrons. The monoisotopic (exact) mass is 282 g/mol. The van der Waals surface area contributed by atoms with E-state index < -0.39 is 5.97 Å². The van der Waals surface area contributed by atoms with Gasteiger partial charge in [0.15, 0.2) is 5.13 Å². The summed E-state index contributed by atoms with van der Waals surface area (Å²) in [6, 6.07) is 0. The molecule has 1 amide bonds. The molecule has 0 aromatic carbocycles. The van der Waals surface area contributed by atoms with Crippen molar-refractivity contribution in [3.05, 3.63) is 11.1 Å². The van der Waals surface area contributed by atoms with Crippen molar-refractivity contribution in [1.29, 1.82) is 0 Å². The van der Waals surface area contributed by atoms with Crippen LogP contribution in [-0.4, -0.2) is 22.0 Å². The normalized spacial score (nSPS) is 16.2. The average Bonchev–Trinajstić information content (AvgIpc) is 2.85. The quantitative estimate of drug-likeness (QED) is 0.870. The minimum absolute atomic E-state index is 0.0545. The number of carboxylic acids is 1. The minimum Gasteiger partial charge on any atom is -0.481 e. The van der Waals surface area contributed by atoms with Gasteiger partial charge >= 0.3 is 5.97 Å². The summed E-state index contributed by atoms with van der Waals surface area (Å²) in [5.41, 5.74) is 0.728. The van der Waals surface area contributed by atoms with E-state index in [0.717, 1.165) is 31.4 Å². The number of rotatable bonds is 5. The van der Waals surface area contributed by atoms with Crippen LogP contribution >= 0.6 is 11.3 Å². The van der Waals surface area contributed by atoms with Gasteiger partial charge in [-0.15, -0.1) is 11.3 Å². The molecule has 0 unspecified atom stereocenters. The highest BCUT2D eigenvalue weighted by atomic mass is 32.1. The molecule has 2 rings (SSSR count). The molecule has 0 saturated heterocycles. The lowest BCUT2D eigenvalue weighted by Gasteiger charge is -2.19. The van der Waals surface area contributed by atoms with Crippen LogP contribution in [0.5, 0.6) is 0 Å². The number of thiazole rings is 1. The Kier molecular flexibility index (Phi) is 4.90. The molecule has 2 N–H and O–H groups in total. The zero-order valence-corrected chi connectivity index (χ0v) is 11.5. The van der Waals surface area contributed by atoms with E-state index in [-0.39, 0.29) is 18.2 Å². The molecule has 1 aliphatic carbocycles. The van der Waals surface area contributed by atoms with Gasteiger partial charge in [0, 0.05) is 17.7 Å². The van der Waals surface area contributed by atoms with Gasteiger partial charge < -0.3 is 10.4 Å². The number of carbonyl (C=O) groups excluding carboxylic acids is 1. The highest BCUT2D eigenvalue weighted by molar-refractivity contribution is 7.13. The lowest BCUT2D eigenvalue weighted by Crippen LogP contribution is -2.24. The first-order valence-corrected chi connectivity index (χ1v) is 7.50. The molecule has 0 atom stereocenters. The molecule has 0 radical (unpaired) electrons. The van der Waals surface area contributed by atoms with Gasteiger partial charge in [0.25, 0.3) is 0 Å². The standard InChI is InChI=1S/C13H18N2O3S/c16-11(17)7-6-10-8-19-13(14-10)15-12(18)9-4-2-1-3-5-9/h8-9H,1-7H2,(H,16,17)(H,14,15,18). The van der Waals surface area contributed by atoms with Crippen LogP contribution in [-0.2, 0) is 16.0 Å². The molecule has 0 aliphatic heterocycles. The lowest BCUT2D eigenvalue weighted by atomic mass is 9.89. The molecular formula is C13H18N2O3S. The molecule has 5 nitrogen and oxygen atoms in total. The van der Waals surface area contributed by atoms with Crippen molar-refractivity contribution in [1.82, 2.24) is 4.98 Å². The van der Waals surface area contributed by atoms with E-state index in [9.17, 15) is 9.59 Å². The fourth-order valence-electron chi connectivity index (χ4n) is 2.29. The SMILES string of the molecule is O=C(O)CCc1csc(NC(=O)C2CCCCC2)n1. The number of hydrogen-bond acceptors (Lipinski definition) is 4. The summed E-state index contributed by atoms with van der Waals surface area (Å²) >= 11 is 1.36. The van der Waals surface area contributed by atoms with Gasteiger partial charge in [0.05, 0.1) is 12.1 Å². The summed E-state index contributed by atoms with van der Waals surface area (Å²) in [5, 5.41) is 13.8. The van der Waals surface area contributed by atoms with E-state index in [0.29, 0.717) is 11.6 Å². The molecule has 1 fully saturated rings. The van der Waals surface area contributed by atoms with Crippen molar-refractivity contribution < 1.29 is 14.7 Å². The number of hydrogen-bond donors (Lipinski definition) is 2. The fourth-order valence-corrected chi connectivity index (χ4v) is 3.03. The molecule has 1 saturated carbocycles. The Labute approximate surface area is 116 Å². The third kappa shape index (κ3) is 4.31. The molecule has 0 spiro atoms. The maximum atomic E-state index is 12.0. The van der Waals surface area contributed by atoms with Crippen molar-refractivity contribution >= 4 is 28.3 Å². The van der Waals surface area contributed by atoms with Crippen LogP contribution in [0.2, 0.25) is 0 Å². The third-order valence-electron chi connectivity index (χ3n) is 3.35. The Morgan fingerprint density at radius 3 is 2.79 bits per heavy atom. The summed E-state index contributed by atoms with van der Waals surface area (Å²) in [5.74, 6) is -0.667. The second kappa shape index (κ2) is 6.65. The first-order valence-electron chi connectivity index (χ1n) is 6.62. The fraction of sp³-hybridized carbons (Fsp3) is 0.615. The van der Waals surface area contributed by atoms with Crippen LogP contribution < -0.4 is 5.32 Å². The Hall–Kier alpha value is -1.43. The zero-order valence-electron chi connectivity index (χ0n) is 10.7. The first kappa shape index (κ1) is 14.0. The number of carbonyl (C=O) groups is 2. The molecule has 19 heavy (non-hydrogen) atoms. The smallest absolute Gasteiger partial charge is 0.303 e. The largest absolute Gasteiger partial charge is 0.481 e. The summed E-state index contributed by atoms with van der Waals surface area (Å²) in [7, 11) is 0. The second-order valence-corrected chi connectivity index (χ2v) is 5.72. The second-order valence-electron chi connectivity index (χ2n) is 4.86. The van der Waals surface area contributed by atoms with Gasteiger partial charge in [-0.05, 0) is 12.8 Å². The van der Waals surface area contributed by atoms with Gasteiger partial charge in [0.1, 0.15) is 0 Å². The van der Waals surface area contributed by atoms with Crippen molar-refractivity contribution in [3.63, 3.8) is 0 Å². The molecule has 1 aromatic rings. The number of aryl methyl sites for hydroxylation is 1. The highest BCUT2D eigenvalue weighted by Gasteiger charge is 2.21. The number of nitrogens with one attached hydrogen (secondary N) is 1. The van der Waals surface area contributed by atoms with Crippen LogP contribution in [0.4, 0.5) is 5.13 Å². The van der Waals surface area contributed by atoms with E-state index in [1.807, 2.05) is 0 Å². The van der Waals surface area contributed by atoms with E-state index in [1.165, 1.54) is 17.8 Å². The number of aliphatic carboxylic acids is 1. The Morgan fingerprint density at radius 2 is 2.11 bits per heavy atom. The topological polar surface area (TPSA) is 79.3 Å². The van der Waals surface area contributed by atoms with E-state index in [1.54, 1.807) is 5.38 Å². The molecule has 1 aromatic heterocycles. The zero-order chi connectivity index (χ0) is 13.7. The molecule has 1 aliphatic rings. The summed E-state index contributed by atoms with van der Waals surface area (Å²) in [4.78, 5) is 26.7. The van der Waals surface area contributed by atoms with Gasteiger partial charge in [-0.1, -0.05) is 19.3 Å². The Bertz CT molecular complexity index is 452. The maximum absolute atomic E-state index is 12.0. The summed E-state index contributed by atoms with van der Waals surface area (Å²) in [6.45, 7) is 0. The Morgan fingerprint density at radius 1 is 1.37 bits per heavy atom. The van der Waals surface area contributed by atoms with E-state index in [4.69, 9.17) is 5.11 Å². The summed E-state index contributed by atoms with van der Waals surface area (Å²) < 4.78 is 0. The molecule has 0 bridgehead atoms. The van der Waals surface area contributed by atoms with Crippen LogP contribution in [0.25, 0.3) is 0 Å². The van der Waals surface area contributed by atoms with E-state index >= 15 is 0 Å². The average molecular weight is 282 g/mol. The minimum atomic E-state index is -0.833. The van der Waals surface area contributed by atoms with Gasteiger partial charge in [-0.25, -0.2) is 4.98 Å². The first-order chi connectivity index (χ1) is 9.15. The molecule has 6 heteroatoms. The number of anilines is 1. The number of amides is 1. The van der Waals surface area contributed by atoms with Gasteiger partial charge in [-0.2, -0.15) is 0 Å². The lowest BCUT2D eigenvalue weighted by molar-refractivity contribution is -0.137. The number of aromatic nitrogens is 1. The highest BCUT2D eigenvalue weighted by Crippen LogP contribution is 2.25. The molecular weight excluding hydrogens is 264 g/mol. The van der Waals surface area contributed by atoms with Crippen LogP contribution in [0, 0.1) is 5.92 Å². The number of nitrogens with zero attached hydrogens (tertiary/aromatic N) is 1. The van der Waals surface area contributed by atoms with Gasteiger partial charge in [-0.3, -0.25) is 9.59 Å². The van der Waals surface area contributed by atoms with E-state index in [2.05, 4.69) is 10.3 Å². The van der Waals surface area contributed by atoms with Crippen molar-refractivity contribution in [2.45, 2.75) is 44.9 Å². The van der Waals surface area contributed by atoms with Gasteiger partial charge in [0.2, 0.25) is 5.91 Å². The number of carboxylic acid groups (broad SMARTS) is 1. The van der Waals surface area contributed by atoms with Crippen molar-refractivity contribution in [2.24, 2.45) is 5.92 Å². The maximum Gasteiger partial charge on any atom is 0.303 e. The summed E-state index contributed by atoms with van der Waals surface area (Å²) in [6.07, 6.45) is 5.87. The van der Waals surface area contributed by atoms with Crippen LogP contribution in [0.3, 0.4) is 0 Å². The Balaban J connectivity index is 1.84.